The average molecular weight is 245 g/mol. The van der Waals surface area contributed by atoms with Crippen LogP contribution in [0, 0.1) is 0 Å². The molecule has 0 saturated carbocycles. The number of aliphatic hydroxyl groups excluding tert-OH is 3. The number of hydrogen-bond acceptors (Lipinski definition) is 7. The van der Waals surface area contributed by atoms with Crippen LogP contribution >= 0.6 is 0 Å². The van der Waals surface area contributed by atoms with Crippen molar-refractivity contribution in [3.05, 3.63) is 27.3 Å². The molecule has 1 aliphatic heterocycles. The third-order valence-electron chi connectivity index (χ3n) is 2.54. The van der Waals surface area contributed by atoms with Crippen molar-refractivity contribution in [3.8, 4) is 0 Å². The number of aromatic nitrogens is 3. The van der Waals surface area contributed by atoms with Gasteiger partial charge in [-0.1, -0.05) is 0 Å². The molecular formula is C8H11N3O6. The van der Waals surface area contributed by atoms with E-state index in [1.165, 1.54) is 0 Å². The van der Waals surface area contributed by atoms with E-state index in [1.807, 2.05) is 4.98 Å². The molecule has 2 heterocycles. The van der Waals surface area contributed by atoms with E-state index in [9.17, 15) is 19.8 Å². The summed E-state index contributed by atoms with van der Waals surface area (Å²) < 4.78 is 5.93. The molecule has 9 heteroatoms. The van der Waals surface area contributed by atoms with E-state index < -0.39 is 42.5 Å². The molecule has 0 aromatic carbocycles. The fourth-order valence-corrected chi connectivity index (χ4v) is 1.65. The van der Waals surface area contributed by atoms with Crippen LogP contribution in [0.1, 0.15) is 6.23 Å². The monoisotopic (exact) mass is 245 g/mol. The van der Waals surface area contributed by atoms with Gasteiger partial charge in [-0.3, -0.25) is 9.55 Å². The third kappa shape index (κ3) is 2.00. The van der Waals surface area contributed by atoms with Gasteiger partial charge in [0.05, 0.1) is 6.61 Å². The second-order valence-corrected chi connectivity index (χ2v) is 3.62. The third-order valence-corrected chi connectivity index (χ3v) is 2.54. The highest BCUT2D eigenvalue weighted by atomic mass is 16.6. The largest absolute Gasteiger partial charge is 0.394 e. The van der Waals surface area contributed by atoms with Crippen molar-refractivity contribution < 1.29 is 20.1 Å². The maximum absolute atomic E-state index is 11.4. The summed E-state index contributed by atoms with van der Waals surface area (Å²) in [5.74, 6) is 0. The molecule has 1 aliphatic rings. The zero-order chi connectivity index (χ0) is 12.6. The number of hydrogen-bond donors (Lipinski definition) is 4. The minimum absolute atomic E-state index is 0.500. The topological polar surface area (TPSA) is 138 Å². The molecule has 0 amide bonds. The van der Waals surface area contributed by atoms with Crippen molar-refractivity contribution in [1.82, 2.24) is 14.5 Å². The molecule has 0 unspecified atom stereocenters. The summed E-state index contributed by atoms with van der Waals surface area (Å²) in [6.07, 6.45) is -3.99. The number of aliphatic hydroxyl groups is 3. The van der Waals surface area contributed by atoms with E-state index in [-0.39, 0.29) is 0 Å². The van der Waals surface area contributed by atoms with Crippen LogP contribution in [0.2, 0.25) is 0 Å². The Morgan fingerprint density at radius 1 is 1.41 bits per heavy atom. The predicted molar refractivity (Wildman–Crippen MR) is 52.1 cm³/mol. The summed E-state index contributed by atoms with van der Waals surface area (Å²) in [7, 11) is 0. The zero-order valence-corrected chi connectivity index (χ0v) is 8.55. The Hall–Kier alpha value is -1.55. The van der Waals surface area contributed by atoms with Gasteiger partial charge in [0.15, 0.2) is 6.23 Å². The minimum atomic E-state index is -1.39. The standard InChI is InChI=1S/C8H11N3O6/c12-1-3-4(13)5(14)6(17-3)11-2-9-7(15)10-8(11)16/h2-6,12-14H,1H2,(H,10,15,16)/t3-,4+,5+,6-/m0/s1. The molecule has 4 N–H and O–H groups in total. The van der Waals surface area contributed by atoms with Gasteiger partial charge >= 0.3 is 11.4 Å². The summed E-state index contributed by atoms with van der Waals surface area (Å²) in [6, 6.07) is 0. The molecule has 0 spiro atoms. The van der Waals surface area contributed by atoms with Crippen molar-refractivity contribution in [2.75, 3.05) is 6.61 Å². The van der Waals surface area contributed by atoms with Gasteiger partial charge in [-0.05, 0) is 0 Å². The SMILES string of the molecule is O=c1ncn([C@H]2O[C@@H](CO)[C@@H](O)[C@H]2O)c(=O)[nH]1. The first kappa shape index (κ1) is 11.9. The van der Waals surface area contributed by atoms with Gasteiger partial charge in [-0.2, -0.15) is 4.98 Å². The number of ether oxygens (including phenoxy) is 1. The molecule has 1 saturated heterocycles. The van der Waals surface area contributed by atoms with E-state index in [1.54, 1.807) is 0 Å². The van der Waals surface area contributed by atoms with Gasteiger partial charge in [-0.25, -0.2) is 9.59 Å². The summed E-state index contributed by atoms with van der Waals surface area (Å²) in [4.78, 5) is 27.4. The van der Waals surface area contributed by atoms with E-state index in [4.69, 9.17) is 9.84 Å². The summed E-state index contributed by atoms with van der Waals surface area (Å²) in [6.45, 7) is -0.500. The molecule has 0 bridgehead atoms. The average Bonchev–Trinajstić information content (AvgIpc) is 2.57. The van der Waals surface area contributed by atoms with Crippen molar-refractivity contribution in [2.24, 2.45) is 0 Å². The summed E-state index contributed by atoms with van der Waals surface area (Å²) >= 11 is 0. The smallest absolute Gasteiger partial charge is 0.350 e. The highest BCUT2D eigenvalue weighted by Gasteiger charge is 2.43. The first-order valence-electron chi connectivity index (χ1n) is 4.84. The van der Waals surface area contributed by atoms with Crippen LogP contribution in [0.5, 0.6) is 0 Å². The maximum Gasteiger partial charge on any atom is 0.350 e. The van der Waals surface area contributed by atoms with Gasteiger partial charge in [0.2, 0.25) is 0 Å². The van der Waals surface area contributed by atoms with Crippen molar-refractivity contribution in [1.29, 1.82) is 0 Å². The van der Waals surface area contributed by atoms with Crippen LogP contribution in [-0.4, -0.2) is 54.8 Å². The highest BCUT2D eigenvalue weighted by Crippen LogP contribution is 2.27. The summed E-state index contributed by atoms with van der Waals surface area (Å²) in [5.41, 5.74) is -1.64. The second-order valence-electron chi connectivity index (χ2n) is 3.62. The molecule has 2 rings (SSSR count). The molecule has 0 aliphatic carbocycles. The van der Waals surface area contributed by atoms with Gasteiger partial charge in [-0.15, -0.1) is 0 Å². The fourth-order valence-electron chi connectivity index (χ4n) is 1.65. The van der Waals surface area contributed by atoms with Gasteiger partial charge in [0.25, 0.3) is 0 Å². The molecule has 1 aromatic heterocycles. The van der Waals surface area contributed by atoms with Crippen LogP contribution < -0.4 is 11.4 Å². The Labute approximate surface area is 93.9 Å². The van der Waals surface area contributed by atoms with Crippen LogP contribution in [0.3, 0.4) is 0 Å². The lowest BCUT2D eigenvalue weighted by Crippen LogP contribution is -2.38. The Morgan fingerprint density at radius 3 is 2.65 bits per heavy atom. The van der Waals surface area contributed by atoms with Gasteiger partial charge in [0, 0.05) is 0 Å². The lowest BCUT2D eigenvalue weighted by molar-refractivity contribution is -0.0555. The molecular weight excluding hydrogens is 234 g/mol. The van der Waals surface area contributed by atoms with Crippen LogP contribution in [0.4, 0.5) is 0 Å². The number of nitrogens with one attached hydrogen (secondary N) is 1. The zero-order valence-electron chi connectivity index (χ0n) is 8.55. The Bertz CT molecular complexity index is 510. The lowest BCUT2D eigenvalue weighted by Gasteiger charge is -2.15. The molecule has 17 heavy (non-hydrogen) atoms. The first-order chi connectivity index (χ1) is 8.04. The molecule has 9 nitrogen and oxygen atoms in total. The predicted octanol–water partition coefficient (Wildman–Crippen LogP) is -3.46. The summed E-state index contributed by atoms with van der Waals surface area (Å²) in [5, 5.41) is 28.0. The van der Waals surface area contributed by atoms with E-state index >= 15 is 0 Å². The van der Waals surface area contributed by atoms with E-state index in [0.29, 0.717) is 0 Å². The van der Waals surface area contributed by atoms with Crippen LogP contribution in [0.25, 0.3) is 0 Å². The Morgan fingerprint density at radius 2 is 2.12 bits per heavy atom. The number of rotatable bonds is 2. The van der Waals surface area contributed by atoms with Crippen LogP contribution in [0.15, 0.2) is 15.9 Å². The van der Waals surface area contributed by atoms with E-state index in [0.717, 1.165) is 10.9 Å². The van der Waals surface area contributed by atoms with Gasteiger partial charge in [0.1, 0.15) is 24.6 Å². The normalized spacial score (nSPS) is 32.9. The van der Waals surface area contributed by atoms with Crippen molar-refractivity contribution in [2.45, 2.75) is 24.5 Å². The molecule has 1 fully saturated rings. The lowest BCUT2D eigenvalue weighted by atomic mass is 10.1. The molecule has 1 aromatic rings. The van der Waals surface area contributed by atoms with Crippen molar-refractivity contribution in [3.63, 3.8) is 0 Å². The number of aromatic amines is 1. The second kappa shape index (κ2) is 4.37. The molecule has 0 radical (unpaired) electrons. The quantitative estimate of drug-likeness (QED) is 0.425. The molecule has 94 valence electrons. The number of nitrogens with zero attached hydrogens (tertiary/aromatic N) is 2. The fraction of sp³-hybridized carbons (Fsp3) is 0.625. The maximum atomic E-state index is 11.4. The molecule has 4 atom stereocenters. The Kier molecular flexibility index (Phi) is 3.07. The number of H-pyrrole nitrogens is 1. The Balaban J connectivity index is 2.35. The highest BCUT2D eigenvalue weighted by molar-refractivity contribution is 4.89. The minimum Gasteiger partial charge on any atom is -0.394 e. The van der Waals surface area contributed by atoms with Crippen LogP contribution in [-0.2, 0) is 4.74 Å². The van der Waals surface area contributed by atoms with Gasteiger partial charge < -0.3 is 20.1 Å². The van der Waals surface area contributed by atoms with Crippen molar-refractivity contribution >= 4 is 0 Å². The van der Waals surface area contributed by atoms with E-state index in [2.05, 4.69) is 4.98 Å². The first-order valence-corrected chi connectivity index (χ1v) is 4.84.